The van der Waals surface area contributed by atoms with Gasteiger partial charge in [0.25, 0.3) is 11.1 Å². The molecule has 160 valence electrons. The number of amides is 3. The Hall–Kier alpha value is -2.85. The van der Waals surface area contributed by atoms with Gasteiger partial charge in [-0.05, 0) is 42.5 Å². The van der Waals surface area contributed by atoms with Gasteiger partial charge in [-0.15, -0.1) is 0 Å². The minimum atomic E-state index is -0.520. The van der Waals surface area contributed by atoms with E-state index in [4.69, 9.17) is 14.2 Å². The number of morpholine rings is 1. The van der Waals surface area contributed by atoms with Crippen LogP contribution in [0.1, 0.15) is 19.4 Å². The maximum Gasteiger partial charge on any atom is 0.308 e. The third-order valence-corrected chi connectivity index (χ3v) is 5.26. The number of imide groups is 1. The number of ether oxygens (including phenoxy) is 3. The van der Waals surface area contributed by atoms with Gasteiger partial charge >= 0.3 is 5.97 Å². The molecule has 0 atom stereocenters. The molecule has 2 heterocycles. The Labute approximate surface area is 177 Å². The van der Waals surface area contributed by atoms with Crippen LogP contribution < -0.4 is 9.47 Å². The quantitative estimate of drug-likeness (QED) is 0.380. The molecular formula is C20H22N2O7S. The second-order valence-corrected chi connectivity index (χ2v) is 7.49. The van der Waals surface area contributed by atoms with E-state index in [0.717, 1.165) is 16.7 Å². The molecule has 0 unspecified atom stereocenters. The summed E-state index contributed by atoms with van der Waals surface area (Å²) < 4.78 is 15.8. The Morgan fingerprint density at radius 3 is 2.60 bits per heavy atom. The summed E-state index contributed by atoms with van der Waals surface area (Å²) in [6, 6.07) is 4.83. The first-order chi connectivity index (χ1) is 14.4. The molecule has 0 radical (unpaired) electrons. The lowest BCUT2D eigenvalue weighted by molar-refractivity contribution is -0.139. The van der Waals surface area contributed by atoms with E-state index in [1.807, 2.05) is 0 Å². The SMILES string of the molecule is CCOc1cc(/C=C2/SC(=O)N(CC(=O)N3CCOCC3)C2=O)ccc1OC(C)=O. The van der Waals surface area contributed by atoms with Gasteiger partial charge in [0.15, 0.2) is 11.5 Å². The molecular weight excluding hydrogens is 412 g/mol. The molecule has 0 spiro atoms. The highest BCUT2D eigenvalue weighted by Gasteiger charge is 2.37. The summed E-state index contributed by atoms with van der Waals surface area (Å²) >= 11 is 0.776. The predicted molar refractivity (Wildman–Crippen MR) is 109 cm³/mol. The Balaban J connectivity index is 1.75. The number of nitrogens with zero attached hydrogens (tertiary/aromatic N) is 2. The fourth-order valence-electron chi connectivity index (χ4n) is 2.96. The van der Waals surface area contributed by atoms with E-state index >= 15 is 0 Å². The molecule has 0 aliphatic carbocycles. The standard InChI is InChI=1S/C20H22N2O7S/c1-3-28-16-10-14(4-5-15(16)29-13(2)23)11-17-19(25)22(20(26)30-17)12-18(24)21-6-8-27-9-7-21/h4-5,10-11H,3,6-9,12H2,1-2H3/b17-11+. The fraction of sp³-hybridized carbons (Fsp3) is 0.400. The van der Waals surface area contributed by atoms with Gasteiger partial charge in [0.05, 0.1) is 24.7 Å². The Kier molecular flexibility index (Phi) is 7.11. The lowest BCUT2D eigenvalue weighted by atomic mass is 10.2. The van der Waals surface area contributed by atoms with Gasteiger partial charge in [-0.3, -0.25) is 24.1 Å². The van der Waals surface area contributed by atoms with Gasteiger partial charge in [-0.2, -0.15) is 0 Å². The van der Waals surface area contributed by atoms with Gasteiger partial charge in [0, 0.05) is 20.0 Å². The Morgan fingerprint density at radius 1 is 1.20 bits per heavy atom. The van der Waals surface area contributed by atoms with Gasteiger partial charge in [-0.1, -0.05) is 6.07 Å². The van der Waals surface area contributed by atoms with Crippen LogP contribution in [0.15, 0.2) is 23.1 Å². The predicted octanol–water partition coefficient (Wildman–Crippen LogP) is 1.91. The van der Waals surface area contributed by atoms with Crippen LogP contribution in [-0.2, 0) is 19.1 Å². The van der Waals surface area contributed by atoms with E-state index in [0.29, 0.717) is 44.2 Å². The molecule has 10 heteroatoms. The van der Waals surface area contributed by atoms with Crippen molar-refractivity contribution in [3.05, 3.63) is 28.7 Å². The molecule has 0 aromatic heterocycles. The summed E-state index contributed by atoms with van der Waals surface area (Å²) in [5.74, 6) is -0.663. The Morgan fingerprint density at radius 2 is 1.93 bits per heavy atom. The molecule has 2 aliphatic heterocycles. The van der Waals surface area contributed by atoms with Crippen LogP contribution in [0.3, 0.4) is 0 Å². The molecule has 30 heavy (non-hydrogen) atoms. The number of carbonyl (C=O) groups excluding carboxylic acids is 4. The fourth-order valence-corrected chi connectivity index (χ4v) is 3.80. The minimum Gasteiger partial charge on any atom is -0.490 e. The van der Waals surface area contributed by atoms with Crippen molar-refractivity contribution in [2.45, 2.75) is 13.8 Å². The normalized spacial score (nSPS) is 18.1. The third kappa shape index (κ3) is 5.19. The maximum absolute atomic E-state index is 12.7. The molecule has 2 aliphatic rings. The van der Waals surface area contributed by atoms with Crippen LogP contribution in [-0.4, -0.2) is 72.3 Å². The van der Waals surface area contributed by atoms with Crippen LogP contribution in [0.5, 0.6) is 11.5 Å². The zero-order chi connectivity index (χ0) is 21.7. The van der Waals surface area contributed by atoms with Gasteiger partial charge in [-0.25, -0.2) is 0 Å². The number of rotatable bonds is 6. The van der Waals surface area contributed by atoms with E-state index in [2.05, 4.69) is 0 Å². The van der Waals surface area contributed by atoms with Gasteiger partial charge < -0.3 is 19.1 Å². The lowest BCUT2D eigenvalue weighted by Gasteiger charge is -2.28. The number of hydrogen-bond donors (Lipinski definition) is 0. The zero-order valence-electron chi connectivity index (χ0n) is 16.7. The Bertz CT molecular complexity index is 893. The van der Waals surface area contributed by atoms with Crippen LogP contribution in [0.4, 0.5) is 4.79 Å². The third-order valence-electron chi connectivity index (χ3n) is 4.35. The van der Waals surface area contributed by atoms with Crippen molar-refractivity contribution >= 4 is 40.9 Å². The van der Waals surface area contributed by atoms with E-state index in [1.54, 1.807) is 36.1 Å². The number of hydrogen-bond acceptors (Lipinski definition) is 8. The first kappa shape index (κ1) is 21.8. The van der Waals surface area contributed by atoms with Crippen molar-refractivity contribution in [1.82, 2.24) is 9.80 Å². The highest BCUT2D eigenvalue weighted by Crippen LogP contribution is 2.34. The molecule has 9 nitrogen and oxygen atoms in total. The van der Waals surface area contributed by atoms with E-state index in [-0.39, 0.29) is 23.1 Å². The topological polar surface area (TPSA) is 102 Å². The van der Waals surface area contributed by atoms with Crippen molar-refractivity contribution in [1.29, 1.82) is 0 Å². The number of benzene rings is 1. The summed E-state index contributed by atoms with van der Waals surface area (Å²) in [5, 5.41) is -0.491. The molecule has 0 bridgehead atoms. The summed E-state index contributed by atoms with van der Waals surface area (Å²) in [6.07, 6.45) is 1.55. The summed E-state index contributed by atoms with van der Waals surface area (Å²) in [7, 11) is 0. The molecule has 2 fully saturated rings. The van der Waals surface area contributed by atoms with Crippen molar-refractivity contribution in [2.24, 2.45) is 0 Å². The van der Waals surface area contributed by atoms with Gasteiger partial charge in [0.2, 0.25) is 5.91 Å². The van der Waals surface area contributed by atoms with Crippen molar-refractivity contribution < 1.29 is 33.4 Å². The highest BCUT2D eigenvalue weighted by atomic mass is 32.2. The molecule has 2 saturated heterocycles. The van der Waals surface area contributed by atoms with E-state index < -0.39 is 17.1 Å². The summed E-state index contributed by atoms with van der Waals surface area (Å²) in [4.78, 5) is 51.3. The van der Waals surface area contributed by atoms with E-state index in [1.165, 1.54) is 6.92 Å². The average molecular weight is 434 g/mol. The van der Waals surface area contributed by atoms with Crippen LogP contribution in [0, 0.1) is 0 Å². The minimum absolute atomic E-state index is 0.206. The molecule has 1 aromatic carbocycles. The first-order valence-electron chi connectivity index (χ1n) is 9.45. The van der Waals surface area contributed by atoms with Gasteiger partial charge in [0.1, 0.15) is 6.54 Å². The van der Waals surface area contributed by atoms with Crippen molar-refractivity contribution in [3.63, 3.8) is 0 Å². The average Bonchev–Trinajstić information content (AvgIpc) is 2.98. The highest BCUT2D eigenvalue weighted by molar-refractivity contribution is 8.18. The second-order valence-electron chi connectivity index (χ2n) is 6.49. The largest absolute Gasteiger partial charge is 0.490 e. The number of thioether (sulfide) groups is 1. The van der Waals surface area contributed by atoms with Crippen molar-refractivity contribution in [3.8, 4) is 11.5 Å². The molecule has 0 N–H and O–H groups in total. The number of carbonyl (C=O) groups is 4. The maximum atomic E-state index is 12.7. The molecule has 3 amide bonds. The molecule has 0 saturated carbocycles. The van der Waals surface area contributed by atoms with Crippen LogP contribution in [0.2, 0.25) is 0 Å². The number of esters is 1. The summed E-state index contributed by atoms with van der Waals surface area (Å²) in [5.41, 5.74) is 0.597. The molecule has 1 aromatic rings. The first-order valence-corrected chi connectivity index (χ1v) is 10.3. The zero-order valence-corrected chi connectivity index (χ0v) is 17.5. The second kappa shape index (κ2) is 9.77. The lowest BCUT2D eigenvalue weighted by Crippen LogP contribution is -2.46. The molecule has 3 rings (SSSR count). The summed E-state index contributed by atoms with van der Waals surface area (Å²) in [6.45, 7) is 4.92. The smallest absolute Gasteiger partial charge is 0.308 e. The van der Waals surface area contributed by atoms with Crippen LogP contribution >= 0.6 is 11.8 Å². The monoisotopic (exact) mass is 434 g/mol. The van der Waals surface area contributed by atoms with E-state index in [9.17, 15) is 19.2 Å². The van der Waals surface area contributed by atoms with Crippen LogP contribution in [0.25, 0.3) is 6.08 Å². The van der Waals surface area contributed by atoms with Crippen molar-refractivity contribution in [2.75, 3.05) is 39.5 Å².